The average molecular weight is 448 g/mol. The molecule has 170 valence electrons. The smallest absolute Gasteiger partial charge is 0.326 e. The van der Waals surface area contributed by atoms with E-state index in [0.717, 1.165) is 24.2 Å². The fourth-order valence-corrected chi connectivity index (χ4v) is 5.38. The molecule has 3 fully saturated rings. The third-order valence-corrected chi connectivity index (χ3v) is 6.79. The number of ether oxygens (including phenoxy) is 2. The van der Waals surface area contributed by atoms with Crippen LogP contribution in [0, 0.1) is 23.7 Å². The van der Waals surface area contributed by atoms with Gasteiger partial charge in [-0.1, -0.05) is 18.2 Å². The second kappa shape index (κ2) is 8.69. The summed E-state index contributed by atoms with van der Waals surface area (Å²) in [4.78, 5) is 50.7. The molecule has 1 saturated heterocycles. The number of benzene rings is 2. The Kier molecular flexibility index (Phi) is 5.58. The summed E-state index contributed by atoms with van der Waals surface area (Å²) in [6.45, 7) is -0.946. The van der Waals surface area contributed by atoms with E-state index in [1.165, 1.54) is 0 Å². The maximum absolute atomic E-state index is 12.7. The minimum absolute atomic E-state index is 0.257. The van der Waals surface area contributed by atoms with Gasteiger partial charge in [0.1, 0.15) is 18.0 Å². The molecule has 0 spiro atoms. The third-order valence-electron chi connectivity index (χ3n) is 6.79. The minimum Gasteiger partial charge on any atom is -0.457 e. The van der Waals surface area contributed by atoms with E-state index in [1.807, 2.05) is 30.3 Å². The molecule has 0 aromatic heterocycles. The zero-order chi connectivity index (χ0) is 22.9. The van der Waals surface area contributed by atoms with Crippen molar-refractivity contribution in [3.8, 4) is 11.5 Å². The van der Waals surface area contributed by atoms with Crippen LogP contribution >= 0.6 is 0 Å². The molecule has 8 heteroatoms. The Balaban J connectivity index is 1.09. The minimum atomic E-state index is -0.772. The molecule has 1 aliphatic heterocycles. The van der Waals surface area contributed by atoms with Gasteiger partial charge >= 0.3 is 5.97 Å². The number of nitrogens with zero attached hydrogens (tertiary/aromatic N) is 1. The summed E-state index contributed by atoms with van der Waals surface area (Å²) in [7, 11) is 0. The van der Waals surface area contributed by atoms with E-state index < -0.39 is 25.0 Å². The fourth-order valence-electron chi connectivity index (χ4n) is 5.38. The molecule has 1 heterocycles. The van der Waals surface area contributed by atoms with E-state index in [2.05, 4.69) is 5.32 Å². The van der Waals surface area contributed by atoms with Crippen molar-refractivity contribution in [1.82, 2.24) is 4.90 Å². The Morgan fingerprint density at radius 3 is 2.12 bits per heavy atom. The molecule has 0 radical (unpaired) electrons. The molecule has 33 heavy (non-hydrogen) atoms. The predicted octanol–water partition coefficient (Wildman–Crippen LogP) is 2.99. The molecule has 3 aliphatic rings. The van der Waals surface area contributed by atoms with Crippen LogP contribution < -0.4 is 10.1 Å². The first kappa shape index (κ1) is 21.2. The molecule has 5 rings (SSSR count). The topological polar surface area (TPSA) is 102 Å². The highest BCUT2D eigenvalue weighted by molar-refractivity contribution is 6.08. The van der Waals surface area contributed by atoms with Crippen LogP contribution in [0.4, 0.5) is 5.69 Å². The summed E-state index contributed by atoms with van der Waals surface area (Å²) in [5.74, 6) is -0.549. The number of hydrogen-bond acceptors (Lipinski definition) is 6. The molecule has 8 nitrogen and oxygen atoms in total. The molecular weight excluding hydrogens is 424 g/mol. The Labute approximate surface area is 190 Å². The van der Waals surface area contributed by atoms with Crippen LogP contribution in [-0.4, -0.2) is 41.7 Å². The van der Waals surface area contributed by atoms with Crippen LogP contribution in [0.1, 0.15) is 19.3 Å². The first-order valence-corrected chi connectivity index (χ1v) is 11.1. The van der Waals surface area contributed by atoms with Gasteiger partial charge in [0.2, 0.25) is 11.8 Å². The number of rotatable bonds is 7. The summed E-state index contributed by atoms with van der Waals surface area (Å²) in [5.41, 5.74) is 0.518. The first-order chi connectivity index (χ1) is 16.0. The number of nitrogens with one attached hydrogen (secondary N) is 1. The number of likely N-dealkylation sites (tertiary alicyclic amines) is 1. The quantitative estimate of drug-likeness (QED) is 0.516. The maximum atomic E-state index is 12.7. The lowest BCUT2D eigenvalue weighted by Gasteiger charge is -2.19. The van der Waals surface area contributed by atoms with Crippen molar-refractivity contribution in [2.75, 3.05) is 18.5 Å². The summed E-state index contributed by atoms with van der Waals surface area (Å²) in [6, 6.07) is 16.1. The second-order valence-electron chi connectivity index (χ2n) is 8.80. The van der Waals surface area contributed by atoms with Crippen molar-refractivity contribution in [3.05, 3.63) is 54.6 Å². The van der Waals surface area contributed by atoms with Crippen LogP contribution in [-0.2, 0) is 23.9 Å². The largest absolute Gasteiger partial charge is 0.457 e. The van der Waals surface area contributed by atoms with Gasteiger partial charge in [0.25, 0.3) is 5.91 Å². The highest BCUT2D eigenvalue weighted by Crippen LogP contribution is 2.56. The van der Waals surface area contributed by atoms with E-state index in [1.54, 1.807) is 24.3 Å². The number of esters is 1. The van der Waals surface area contributed by atoms with E-state index in [0.29, 0.717) is 17.2 Å². The second-order valence-corrected chi connectivity index (χ2v) is 8.80. The van der Waals surface area contributed by atoms with Crippen LogP contribution in [0.15, 0.2) is 54.6 Å². The SMILES string of the molecule is O=C(COC(=O)CN1C(=O)[C@H]2[C@H]3CC[C@@H](C3)[C@@H]2C1=O)Nc1ccc(Oc2ccccc2)cc1. The van der Waals surface area contributed by atoms with Gasteiger partial charge in [-0.05, 0) is 67.5 Å². The molecule has 2 aromatic rings. The number of anilines is 1. The number of carbonyl (C=O) groups excluding carboxylic acids is 4. The standard InChI is InChI=1S/C25H24N2O6/c28-20(26-17-8-10-19(11-9-17)33-18-4-2-1-3-5-18)14-32-21(29)13-27-24(30)22-15-6-7-16(12-15)23(22)25(27)31/h1-5,8-11,15-16,22-23H,6-7,12-14H2,(H,26,28)/t15-,16-,22-,23-/m0/s1. The van der Waals surface area contributed by atoms with Crippen LogP contribution in [0.2, 0.25) is 0 Å². The Morgan fingerprint density at radius 1 is 0.879 bits per heavy atom. The van der Waals surface area contributed by atoms with Crippen LogP contribution in [0.25, 0.3) is 0 Å². The van der Waals surface area contributed by atoms with Crippen molar-refractivity contribution >= 4 is 29.4 Å². The van der Waals surface area contributed by atoms with E-state index in [4.69, 9.17) is 9.47 Å². The average Bonchev–Trinajstić information content (AvgIpc) is 3.50. The first-order valence-electron chi connectivity index (χ1n) is 11.1. The van der Waals surface area contributed by atoms with Gasteiger partial charge < -0.3 is 14.8 Å². The number of hydrogen-bond donors (Lipinski definition) is 1. The Bertz CT molecular complexity index is 1060. The summed E-state index contributed by atoms with van der Waals surface area (Å²) < 4.78 is 10.7. The molecule has 4 atom stereocenters. The summed E-state index contributed by atoms with van der Waals surface area (Å²) >= 11 is 0. The highest BCUT2D eigenvalue weighted by Gasteiger charge is 2.61. The van der Waals surface area contributed by atoms with Crippen molar-refractivity contribution in [2.24, 2.45) is 23.7 Å². The normalized spacial score (nSPS) is 25.2. The summed E-state index contributed by atoms with van der Waals surface area (Å²) in [6.07, 6.45) is 2.88. The van der Waals surface area contributed by atoms with Gasteiger partial charge in [-0.3, -0.25) is 24.1 Å². The Hall–Kier alpha value is -3.68. The van der Waals surface area contributed by atoms with Crippen molar-refractivity contribution in [3.63, 3.8) is 0 Å². The van der Waals surface area contributed by atoms with Gasteiger partial charge in [-0.15, -0.1) is 0 Å². The molecule has 3 amide bonds. The molecule has 2 aliphatic carbocycles. The van der Waals surface area contributed by atoms with E-state index >= 15 is 0 Å². The van der Waals surface area contributed by atoms with E-state index in [-0.39, 0.29) is 35.5 Å². The van der Waals surface area contributed by atoms with Gasteiger partial charge in [0.05, 0.1) is 11.8 Å². The van der Waals surface area contributed by atoms with Gasteiger partial charge in [-0.25, -0.2) is 0 Å². The number of para-hydroxylation sites is 1. The molecule has 2 bridgehead atoms. The monoisotopic (exact) mass is 448 g/mol. The lowest BCUT2D eigenvalue weighted by Crippen LogP contribution is -2.38. The lowest BCUT2D eigenvalue weighted by molar-refractivity contribution is -0.154. The van der Waals surface area contributed by atoms with Crippen molar-refractivity contribution < 1.29 is 28.7 Å². The fraction of sp³-hybridized carbons (Fsp3) is 0.360. The zero-order valence-electron chi connectivity index (χ0n) is 17.9. The number of carbonyl (C=O) groups is 4. The third kappa shape index (κ3) is 4.20. The maximum Gasteiger partial charge on any atom is 0.326 e. The summed E-state index contributed by atoms with van der Waals surface area (Å²) in [5, 5.41) is 2.63. The zero-order valence-corrected chi connectivity index (χ0v) is 17.9. The van der Waals surface area contributed by atoms with Crippen LogP contribution in [0.3, 0.4) is 0 Å². The molecular formula is C25H24N2O6. The number of fused-ring (bicyclic) bond motifs is 5. The molecule has 2 aromatic carbocycles. The molecule has 0 unspecified atom stereocenters. The Morgan fingerprint density at radius 2 is 1.48 bits per heavy atom. The highest BCUT2D eigenvalue weighted by atomic mass is 16.5. The lowest BCUT2D eigenvalue weighted by atomic mass is 9.81. The van der Waals surface area contributed by atoms with Gasteiger partial charge in [-0.2, -0.15) is 0 Å². The predicted molar refractivity (Wildman–Crippen MR) is 117 cm³/mol. The molecule has 1 N–H and O–H groups in total. The van der Waals surface area contributed by atoms with Gasteiger partial charge in [0.15, 0.2) is 6.61 Å². The number of imide groups is 1. The van der Waals surface area contributed by atoms with Crippen molar-refractivity contribution in [2.45, 2.75) is 19.3 Å². The van der Waals surface area contributed by atoms with Gasteiger partial charge in [0, 0.05) is 5.69 Å². The van der Waals surface area contributed by atoms with Crippen molar-refractivity contribution in [1.29, 1.82) is 0 Å². The number of amides is 3. The van der Waals surface area contributed by atoms with E-state index in [9.17, 15) is 19.2 Å². The van der Waals surface area contributed by atoms with Crippen LogP contribution in [0.5, 0.6) is 11.5 Å². The molecule has 2 saturated carbocycles.